The summed E-state index contributed by atoms with van der Waals surface area (Å²) >= 11 is 0. The van der Waals surface area contributed by atoms with Crippen molar-refractivity contribution < 1.29 is 33.5 Å². The third-order valence-electron chi connectivity index (χ3n) is 5.78. The molecule has 0 fully saturated rings. The van der Waals surface area contributed by atoms with E-state index in [1.165, 1.54) is 0 Å². The molecule has 0 saturated carbocycles. The first-order chi connectivity index (χ1) is 17.2. The van der Waals surface area contributed by atoms with E-state index in [9.17, 15) is 18.9 Å². The van der Waals surface area contributed by atoms with E-state index in [4.69, 9.17) is 14.6 Å². The zero-order valence-electron chi connectivity index (χ0n) is 20.5. The summed E-state index contributed by atoms with van der Waals surface area (Å²) < 4.78 is 25.5. The van der Waals surface area contributed by atoms with Crippen molar-refractivity contribution in [3.8, 4) is 5.75 Å². The van der Waals surface area contributed by atoms with Crippen LogP contribution in [0.4, 0.5) is 0 Å². The molecule has 0 radical (unpaired) electrons. The fourth-order valence-corrected chi connectivity index (χ4v) is 6.73. The van der Waals surface area contributed by atoms with E-state index in [1.54, 1.807) is 55.5 Å². The second-order valence-electron chi connectivity index (χ2n) is 8.39. The van der Waals surface area contributed by atoms with Crippen molar-refractivity contribution >= 4 is 35.2 Å². The number of benzene rings is 3. The molecule has 0 bridgehead atoms. The van der Waals surface area contributed by atoms with Crippen molar-refractivity contribution in [1.29, 1.82) is 0 Å². The Hall–Kier alpha value is -3.70. The SMILES string of the molecule is Cc1cc(C)c(C(=O)P(=O)(c2ccccc2)c2ccccc2)c(C)c1OCCOC(=O)CCC(=O)O. The van der Waals surface area contributed by atoms with Gasteiger partial charge in [0.25, 0.3) is 0 Å². The number of carbonyl (C=O) groups is 3. The highest BCUT2D eigenvalue weighted by Crippen LogP contribution is 2.49. The van der Waals surface area contributed by atoms with E-state index in [2.05, 4.69) is 0 Å². The lowest BCUT2D eigenvalue weighted by atomic mass is 9.99. The molecule has 0 aliphatic heterocycles. The van der Waals surface area contributed by atoms with Gasteiger partial charge in [-0.15, -0.1) is 0 Å². The molecule has 0 saturated heterocycles. The third-order valence-corrected chi connectivity index (χ3v) is 8.62. The Kier molecular flexibility index (Phi) is 8.83. The Morgan fingerprint density at radius 3 is 1.89 bits per heavy atom. The van der Waals surface area contributed by atoms with Crippen LogP contribution in [0.3, 0.4) is 0 Å². The predicted molar refractivity (Wildman–Crippen MR) is 138 cm³/mol. The monoisotopic (exact) mass is 508 g/mol. The molecule has 0 aromatic heterocycles. The summed E-state index contributed by atoms with van der Waals surface area (Å²) in [5.41, 5.74) is 1.90. The minimum atomic E-state index is -3.70. The van der Waals surface area contributed by atoms with Gasteiger partial charge in [-0.3, -0.25) is 14.4 Å². The number of hydrogen-bond acceptors (Lipinski definition) is 6. The standard InChI is InChI=1S/C28H29O7P/c1-19-18-20(2)27(35-17-16-34-25(31)15-14-24(29)30)21(3)26(19)28(32)36(33,22-10-6-4-7-11-22)23-12-8-5-9-13-23/h4-13,18H,14-17H2,1-3H3,(H,29,30). The van der Waals surface area contributed by atoms with E-state index in [0.717, 1.165) is 5.56 Å². The van der Waals surface area contributed by atoms with E-state index < -0.39 is 24.6 Å². The van der Waals surface area contributed by atoms with Gasteiger partial charge in [-0.05, 0) is 31.9 Å². The zero-order valence-corrected chi connectivity index (χ0v) is 21.4. The van der Waals surface area contributed by atoms with E-state index in [0.29, 0.717) is 33.0 Å². The van der Waals surface area contributed by atoms with Gasteiger partial charge in [0.2, 0.25) is 12.7 Å². The third kappa shape index (κ3) is 5.92. The molecule has 0 heterocycles. The first-order valence-electron chi connectivity index (χ1n) is 11.5. The highest BCUT2D eigenvalue weighted by molar-refractivity contribution is 7.93. The van der Waals surface area contributed by atoms with Crippen LogP contribution in [0.1, 0.15) is 39.9 Å². The highest BCUT2D eigenvalue weighted by atomic mass is 31.2. The molecule has 3 aromatic carbocycles. The van der Waals surface area contributed by atoms with Crippen molar-refractivity contribution in [1.82, 2.24) is 0 Å². The molecule has 0 amide bonds. The average Bonchev–Trinajstić information content (AvgIpc) is 2.87. The van der Waals surface area contributed by atoms with Crippen LogP contribution in [0, 0.1) is 20.8 Å². The number of carboxylic acid groups (broad SMARTS) is 1. The zero-order chi connectivity index (χ0) is 26.3. The van der Waals surface area contributed by atoms with E-state index in [1.807, 2.05) is 32.0 Å². The van der Waals surface area contributed by atoms with Gasteiger partial charge < -0.3 is 19.1 Å². The van der Waals surface area contributed by atoms with Gasteiger partial charge in [0.05, 0.1) is 12.8 Å². The maximum atomic E-state index is 14.6. The molecular weight excluding hydrogens is 479 g/mol. The smallest absolute Gasteiger partial charge is 0.306 e. The van der Waals surface area contributed by atoms with Crippen LogP contribution >= 0.6 is 7.14 Å². The summed E-state index contributed by atoms with van der Waals surface area (Å²) in [5, 5.41) is 9.57. The van der Waals surface area contributed by atoms with Crippen molar-refractivity contribution in [3.05, 3.63) is 89.0 Å². The average molecular weight is 509 g/mol. The van der Waals surface area contributed by atoms with Crippen molar-refractivity contribution in [3.63, 3.8) is 0 Å². The number of aliphatic carboxylic acids is 1. The Morgan fingerprint density at radius 2 is 1.36 bits per heavy atom. The van der Waals surface area contributed by atoms with Gasteiger partial charge in [-0.25, -0.2) is 0 Å². The minimum Gasteiger partial charge on any atom is -0.489 e. The predicted octanol–water partition coefficient (Wildman–Crippen LogP) is 4.55. The molecule has 8 heteroatoms. The van der Waals surface area contributed by atoms with Gasteiger partial charge in [0.15, 0.2) is 0 Å². The molecule has 188 valence electrons. The Balaban J connectivity index is 1.92. The van der Waals surface area contributed by atoms with Crippen molar-refractivity contribution in [2.24, 2.45) is 0 Å². The largest absolute Gasteiger partial charge is 0.489 e. The second kappa shape index (κ2) is 11.8. The van der Waals surface area contributed by atoms with Gasteiger partial charge in [-0.2, -0.15) is 0 Å². The first-order valence-corrected chi connectivity index (χ1v) is 13.2. The lowest BCUT2D eigenvalue weighted by Gasteiger charge is -2.22. The summed E-state index contributed by atoms with van der Waals surface area (Å²) in [6.45, 7) is 5.35. The number of carboxylic acids is 1. The van der Waals surface area contributed by atoms with Gasteiger partial charge in [0, 0.05) is 21.7 Å². The van der Waals surface area contributed by atoms with Crippen LogP contribution in [0.5, 0.6) is 5.75 Å². The van der Waals surface area contributed by atoms with Crippen molar-refractivity contribution in [2.75, 3.05) is 13.2 Å². The maximum Gasteiger partial charge on any atom is 0.306 e. The Bertz CT molecular complexity index is 1260. The molecule has 1 N–H and O–H groups in total. The number of aryl methyl sites for hydroxylation is 2. The molecule has 0 aliphatic rings. The van der Waals surface area contributed by atoms with E-state index >= 15 is 0 Å². The molecule has 7 nitrogen and oxygen atoms in total. The van der Waals surface area contributed by atoms with Gasteiger partial charge in [-0.1, -0.05) is 66.7 Å². The quantitative estimate of drug-likeness (QED) is 0.230. The van der Waals surface area contributed by atoms with Crippen LogP contribution in [-0.4, -0.2) is 35.8 Å². The van der Waals surface area contributed by atoms with Crippen LogP contribution < -0.4 is 15.3 Å². The number of carbonyl (C=O) groups excluding carboxylic acids is 2. The second-order valence-corrected chi connectivity index (χ2v) is 11.0. The van der Waals surface area contributed by atoms with Gasteiger partial charge >= 0.3 is 11.9 Å². The lowest BCUT2D eigenvalue weighted by Crippen LogP contribution is -2.24. The van der Waals surface area contributed by atoms with Crippen molar-refractivity contribution in [2.45, 2.75) is 33.6 Å². The van der Waals surface area contributed by atoms with E-state index in [-0.39, 0.29) is 26.1 Å². The minimum absolute atomic E-state index is 0.0201. The fourth-order valence-electron chi connectivity index (χ4n) is 4.12. The maximum absolute atomic E-state index is 14.6. The summed E-state index contributed by atoms with van der Waals surface area (Å²) in [5.74, 6) is -1.24. The number of hydrogen-bond donors (Lipinski definition) is 1. The Labute approximate surface area is 210 Å². The number of esters is 1. The summed E-state index contributed by atoms with van der Waals surface area (Å²) in [6.07, 6.45) is -0.519. The molecule has 0 aliphatic carbocycles. The first kappa shape index (κ1) is 26.9. The van der Waals surface area contributed by atoms with Crippen LogP contribution in [0.25, 0.3) is 0 Å². The topological polar surface area (TPSA) is 107 Å². The fraction of sp³-hybridized carbons (Fsp3) is 0.250. The van der Waals surface area contributed by atoms with Crippen LogP contribution in [-0.2, 0) is 18.9 Å². The molecule has 0 unspecified atom stereocenters. The molecule has 3 aromatic rings. The summed E-state index contributed by atoms with van der Waals surface area (Å²) in [4.78, 5) is 36.3. The molecular formula is C28H29O7P. The van der Waals surface area contributed by atoms with Crippen LogP contribution in [0.15, 0.2) is 66.7 Å². The Morgan fingerprint density at radius 1 is 0.806 bits per heavy atom. The summed E-state index contributed by atoms with van der Waals surface area (Å²) in [6, 6.07) is 19.3. The normalized spacial score (nSPS) is 11.1. The van der Waals surface area contributed by atoms with Gasteiger partial charge in [0.1, 0.15) is 19.0 Å². The number of rotatable bonds is 11. The number of ether oxygens (including phenoxy) is 2. The molecule has 3 rings (SSSR count). The lowest BCUT2D eigenvalue weighted by molar-refractivity contribution is -0.148. The molecule has 0 spiro atoms. The van der Waals surface area contributed by atoms with Crippen LogP contribution in [0.2, 0.25) is 0 Å². The molecule has 0 atom stereocenters. The molecule has 36 heavy (non-hydrogen) atoms. The summed E-state index contributed by atoms with van der Waals surface area (Å²) in [7, 11) is -3.70. The highest BCUT2D eigenvalue weighted by Gasteiger charge is 2.38.